The highest BCUT2D eigenvalue weighted by atomic mass is 32.1. The number of nitrogens with one attached hydrogen (secondary N) is 1. The molecule has 46 heavy (non-hydrogen) atoms. The Morgan fingerprint density at radius 3 is 2.26 bits per heavy atom. The lowest BCUT2D eigenvalue weighted by molar-refractivity contribution is -0.149. The number of thiazole rings is 1. The van der Waals surface area contributed by atoms with Crippen LogP contribution in [0.15, 0.2) is 29.6 Å². The number of amides is 2. The van der Waals surface area contributed by atoms with Crippen molar-refractivity contribution in [3.63, 3.8) is 0 Å². The van der Waals surface area contributed by atoms with Crippen LogP contribution in [0.5, 0.6) is 0 Å². The number of methoxy groups -OCH3 is 1. The normalized spacial score (nSPS) is 16.1. The summed E-state index contributed by atoms with van der Waals surface area (Å²) in [6, 6.07) is 3.76. The van der Waals surface area contributed by atoms with Crippen molar-refractivity contribution in [1.82, 2.24) is 15.2 Å². The Bertz CT molecular complexity index is 1340. The van der Waals surface area contributed by atoms with Crippen LogP contribution in [0, 0.1) is 17.8 Å². The third kappa shape index (κ3) is 10.5. The number of hydrogen-bond acceptors (Lipinski definition) is 8. The Morgan fingerprint density at radius 2 is 1.74 bits per heavy atom. The van der Waals surface area contributed by atoms with Crippen molar-refractivity contribution in [1.29, 1.82) is 0 Å². The molecule has 13 heteroatoms. The van der Waals surface area contributed by atoms with Gasteiger partial charge in [-0.3, -0.25) is 19.2 Å². The molecule has 4 atom stereocenters. The first kappa shape index (κ1) is 37.0. The minimum atomic E-state index is -4.48. The molecular weight excluding hydrogens is 623 g/mol. The van der Waals surface area contributed by atoms with Gasteiger partial charge in [-0.05, 0) is 55.2 Å². The number of halogens is 3. The van der Waals surface area contributed by atoms with Gasteiger partial charge >= 0.3 is 18.1 Å². The number of esters is 2. The molecule has 1 heterocycles. The summed E-state index contributed by atoms with van der Waals surface area (Å²) in [5.41, 5.74) is -0.179. The summed E-state index contributed by atoms with van der Waals surface area (Å²) in [7, 11) is 3.02. The number of hydrogen-bond donors (Lipinski definition) is 1. The van der Waals surface area contributed by atoms with Crippen molar-refractivity contribution in [2.75, 3.05) is 14.2 Å². The summed E-state index contributed by atoms with van der Waals surface area (Å²) < 4.78 is 49.6. The van der Waals surface area contributed by atoms with Gasteiger partial charge in [0.1, 0.15) is 10.7 Å². The van der Waals surface area contributed by atoms with Gasteiger partial charge in [0, 0.05) is 44.3 Å². The van der Waals surface area contributed by atoms with E-state index < -0.39 is 47.6 Å². The van der Waals surface area contributed by atoms with E-state index in [0.717, 1.165) is 42.7 Å². The van der Waals surface area contributed by atoms with Crippen molar-refractivity contribution in [2.45, 2.75) is 97.0 Å². The topological polar surface area (TPSA) is 115 Å². The predicted molar refractivity (Wildman–Crippen MR) is 167 cm³/mol. The SMILES string of the molecule is COC(=O)[C@@H](C)C[C@H](Cc1ccc(C(F)(F)F)cc1)NC(=O)c1csc(C(CC(C(C)C)N(C)C(=O)CC2CCC2)OC(C)=O)n1. The summed E-state index contributed by atoms with van der Waals surface area (Å²) in [5, 5.41) is 4.80. The first-order chi connectivity index (χ1) is 21.6. The van der Waals surface area contributed by atoms with E-state index >= 15 is 0 Å². The Hall–Kier alpha value is -3.48. The maximum Gasteiger partial charge on any atom is 0.416 e. The molecule has 0 spiro atoms. The molecule has 1 saturated carbocycles. The maximum atomic E-state index is 13.4. The first-order valence-corrected chi connectivity index (χ1v) is 16.4. The van der Waals surface area contributed by atoms with E-state index in [9.17, 15) is 32.3 Å². The quantitative estimate of drug-likeness (QED) is 0.220. The second-order valence-corrected chi connectivity index (χ2v) is 13.3. The van der Waals surface area contributed by atoms with Crippen LogP contribution in [-0.4, -0.2) is 59.9 Å². The number of rotatable bonds is 15. The standard InChI is InChI=1S/C33H44F3N3O6S/c1-19(2)27(39(5)29(41)16-22-8-7-9-22)17-28(45-21(4)40)31-38-26(18-46-31)30(42)37-25(14-20(3)32(43)44-6)15-23-10-12-24(13-11-23)33(34,35)36/h10-13,18-20,22,25,27-28H,7-9,14-17H2,1-6H3,(H,37,42)/t20-,25+,27?,28?/m0/s1. The van der Waals surface area contributed by atoms with Crippen LogP contribution in [0.1, 0.15) is 98.9 Å². The number of ether oxygens (including phenoxy) is 2. The summed E-state index contributed by atoms with van der Waals surface area (Å²) in [4.78, 5) is 56.9. The summed E-state index contributed by atoms with van der Waals surface area (Å²) in [6.07, 6.45) is -0.903. The molecule has 0 bridgehead atoms. The van der Waals surface area contributed by atoms with Crippen molar-refractivity contribution in [3.05, 3.63) is 51.5 Å². The van der Waals surface area contributed by atoms with Crippen LogP contribution in [-0.2, 0) is 36.5 Å². The van der Waals surface area contributed by atoms with Gasteiger partial charge in [-0.1, -0.05) is 39.3 Å². The molecule has 2 unspecified atom stereocenters. The molecule has 1 aliphatic carbocycles. The number of alkyl halides is 3. The molecule has 2 aromatic rings. The van der Waals surface area contributed by atoms with Crippen LogP contribution in [0.2, 0.25) is 0 Å². The van der Waals surface area contributed by atoms with Gasteiger partial charge in [0.05, 0.1) is 18.6 Å². The van der Waals surface area contributed by atoms with Crippen molar-refractivity contribution >= 4 is 35.1 Å². The molecule has 1 aromatic heterocycles. The van der Waals surface area contributed by atoms with E-state index in [1.54, 1.807) is 18.9 Å². The lowest BCUT2D eigenvalue weighted by atomic mass is 9.82. The fraction of sp³-hybridized carbons (Fsp3) is 0.606. The van der Waals surface area contributed by atoms with E-state index in [1.165, 1.54) is 31.5 Å². The van der Waals surface area contributed by atoms with Crippen LogP contribution < -0.4 is 5.32 Å². The van der Waals surface area contributed by atoms with Crippen LogP contribution in [0.25, 0.3) is 0 Å². The van der Waals surface area contributed by atoms with E-state index in [-0.39, 0.29) is 36.4 Å². The number of nitrogens with zero attached hydrogens (tertiary/aromatic N) is 2. The Morgan fingerprint density at radius 1 is 1.09 bits per heavy atom. The lowest BCUT2D eigenvalue weighted by Crippen LogP contribution is -2.42. The number of carbonyl (C=O) groups excluding carboxylic acids is 4. The third-order valence-corrected chi connectivity index (χ3v) is 9.42. The predicted octanol–water partition coefficient (Wildman–Crippen LogP) is 6.37. The molecule has 0 aliphatic heterocycles. The van der Waals surface area contributed by atoms with Gasteiger partial charge in [0.2, 0.25) is 5.91 Å². The number of benzene rings is 1. The fourth-order valence-corrected chi connectivity index (χ4v) is 6.44. The van der Waals surface area contributed by atoms with Gasteiger partial charge in [0.15, 0.2) is 6.10 Å². The van der Waals surface area contributed by atoms with Crippen molar-refractivity contribution in [2.24, 2.45) is 17.8 Å². The summed E-state index contributed by atoms with van der Waals surface area (Å²) in [5.74, 6) is -1.64. The average Bonchev–Trinajstić information content (AvgIpc) is 3.46. The van der Waals surface area contributed by atoms with Crippen LogP contribution in [0.4, 0.5) is 13.2 Å². The van der Waals surface area contributed by atoms with E-state index in [0.29, 0.717) is 29.3 Å². The zero-order valence-corrected chi connectivity index (χ0v) is 28.0. The summed E-state index contributed by atoms with van der Waals surface area (Å²) in [6.45, 7) is 6.92. The zero-order valence-electron chi connectivity index (χ0n) is 27.2. The molecule has 3 rings (SSSR count). The third-order valence-electron chi connectivity index (χ3n) is 8.48. The largest absolute Gasteiger partial charge is 0.469 e. The van der Waals surface area contributed by atoms with Gasteiger partial charge in [0.25, 0.3) is 5.91 Å². The van der Waals surface area contributed by atoms with Crippen molar-refractivity contribution in [3.8, 4) is 0 Å². The van der Waals surface area contributed by atoms with Crippen molar-refractivity contribution < 1.29 is 41.8 Å². The molecule has 1 aliphatic rings. The number of carbonyl (C=O) groups is 4. The van der Waals surface area contributed by atoms with Gasteiger partial charge in [-0.25, -0.2) is 4.98 Å². The highest BCUT2D eigenvalue weighted by Gasteiger charge is 2.33. The number of aromatic nitrogens is 1. The minimum absolute atomic E-state index is 0.0458. The lowest BCUT2D eigenvalue weighted by Gasteiger charge is -2.35. The average molecular weight is 668 g/mol. The first-order valence-electron chi connectivity index (χ1n) is 15.5. The molecule has 1 aromatic carbocycles. The Balaban J connectivity index is 1.78. The van der Waals surface area contributed by atoms with E-state index in [2.05, 4.69) is 10.3 Å². The Kier molecular flexibility index (Phi) is 13.2. The highest BCUT2D eigenvalue weighted by molar-refractivity contribution is 7.09. The molecule has 1 fully saturated rings. The monoisotopic (exact) mass is 667 g/mol. The van der Waals surface area contributed by atoms with Crippen LogP contribution >= 0.6 is 11.3 Å². The second kappa shape index (κ2) is 16.4. The van der Waals surface area contributed by atoms with E-state index in [4.69, 9.17) is 9.47 Å². The maximum absolute atomic E-state index is 13.4. The molecule has 2 amide bonds. The summed E-state index contributed by atoms with van der Waals surface area (Å²) >= 11 is 1.15. The smallest absolute Gasteiger partial charge is 0.416 e. The van der Waals surface area contributed by atoms with Crippen LogP contribution in [0.3, 0.4) is 0 Å². The molecule has 254 valence electrons. The van der Waals surface area contributed by atoms with Gasteiger partial charge in [-0.2, -0.15) is 13.2 Å². The highest BCUT2D eigenvalue weighted by Crippen LogP contribution is 2.33. The van der Waals surface area contributed by atoms with Gasteiger partial charge in [-0.15, -0.1) is 11.3 Å². The zero-order chi connectivity index (χ0) is 34.2. The van der Waals surface area contributed by atoms with E-state index in [1.807, 2.05) is 13.8 Å². The molecule has 9 nitrogen and oxygen atoms in total. The Labute approximate surface area is 272 Å². The fourth-order valence-electron chi connectivity index (χ4n) is 5.60. The molecular formula is C33H44F3N3O6S. The molecule has 0 radical (unpaired) electrons. The molecule has 1 N–H and O–H groups in total. The minimum Gasteiger partial charge on any atom is -0.469 e. The molecule has 0 saturated heterocycles. The second-order valence-electron chi connectivity index (χ2n) is 12.5. The van der Waals surface area contributed by atoms with Gasteiger partial charge < -0.3 is 19.7 Å².